The topological polar surface area (TPSA) is 29.0 Å². The minimum Gasteiger partial charge on any atom is -0.297 e. The standard InChI is InChI=1S/C13H19N3/c1-2-16-6-5-11-8-14-13(7-10-3-4-10)15-12(11)9-16/h8,10H,2-7,9H2,1H3. The minimum atomic E-state index is 0.879. The van der Waals surface area contributed by atoms with Crippen LogP contribution in [0.2, 0.25) is 0 Å². The van der Waals surface area contributed by atoms with Crippen molar-refractivity contribution in [1.29, 1.82) is 0 Å². The van der Waals surface area contributed by atoms with E-state index in [1.807, 2.05) is 0 Å². The molecule has 0 saturated heterocycles. The lowest BCUT2D eigenvalue weighted by Crippen LogP contribution is -2.31. The third-order valence-corrected chi connectivity index (χ3v) is 3.69. The number of aromatic nitrogens is 2. The summed E-state index contributed by atoms with van der Waals surface area (Å²) in [4.78, 5) is 11.7. The van der Waals surface area contributed by atoms with E-state index < -0.39 is 0 Å². The van der Waals surface area contributed by atoms with Crippen LogP contribution in [0.1, 0.15) is 36.8 Å². The molecule has 0 amide bonds. The van der Waals surface area contributed by atoms with Crippen LogP contribution in [-0.4, -0.2) is 28.0 Å². The predicted octanol–water partition coefficient (Wildman–Crippen LogP) is 1.81. The molecular weight excluding hydrogens is 198 g/mol. The second-order valence-electron chi connectivity index (χ2n) is 5.02. The van der Waals surface area contributed by atoms with Crippen molar-refractivity contribution < 1.29 is 0 Å². The molecule has 0 bridgehead atoms. The number of hydrogen-bond donors (Lipinski definition) is 0. The SMILES string of the molecule is CCN1CCc2cnc(CC3CC3)nc2C1. The van der Waals surface area contributed by atoms with Crippen LogP contribution in [0.4, 0.5) is 0 Å². The van der Waals surface area contributed by atoms with Gasteiger partial charge in [0.1, 0.15) is 5.82 Å². The highest BCUT2D eigenvalue weighted by Gasteiger charge is 2.24. The van der Waals surface area contributed by atoms with Crippen LogP contribution in [-0.2, 0) is 19.4 Å². The second kappa shape index (κ2) is 4.13. The molecule has 1 fully saturated rings. The fraction of sp³-hybridized carbons (Fsp3) is 0.692. The first-order chi connectivity index (χ1) is 7.85. The summed E-state index contributed by atoms with van der Waals surface area (Å²) in [7, 11) is 0. The van der Waals surface area contributed by atoms with Crippen LogP contribution < -0.4 is 0 Å². The van der Waals surface area contributed by atoms with Crippen molar-refractivity contribution >= 4 is 0 Å². The number of fused-ring (bicyclic) bond motifs is 1. The molecule has 3 heteroatoms. The molecule has 0 radical (unpaired) electrons. The summed E-state index contributed by atoms with van der Waals surface area (Å²) in [5, 5.41) is 0. The van der Waals surface area contributed by atoms with Crippen molar-refractivity contribution in [2.75, 3.05) is 13.1 Å². The van der Waals surface area contributed by atoms with Gasteiger partial charge in [-0.25, -0.2) is 9.97 Å². The maximum atomic E-state index is 4.74. The van der Waals surface area contributed by atoms with Gasteiger partial charge in [-0.3, -0.25) is 4.90 Å². The normalized spacial score (nSPS) is 20.8. The maximum Gasteiger partial charge on any atom is 0.128 e. The van der Waals surface area contributed by atoms with E-state index >= 15 is 0 Å². The molecule has 0 atom stereocenters. The molecule has 1 aromatic rings. The minimum absolute atomic E-state index is 0.879. The monoisotopic (exact) mass is 217 g/mol. The summed E-state index contributed by atoms with van der Waals surface area (Å²) in [6.07, 6.45) is 7.03. The first-order valence-corrected chi connectivity index (χ1v) is 6.41. The van der Waals surface area contributed by atoms with E-state index in [9.17, 15) is 0 Å². The average Bonchev–Trinajstić information content (AvgIpc) is 3.12. The zero-order valence-electron chi connectivity index (χ0n) is 9.95. The zero-order chi connectivity index (χ0) is 11.0. The van der Waals surface area contributed by atoms with Gasteiger partial charge in [0, 0.05) is 25.7 Å². The molecule has 1 aromatic heterocycles. The average molecular weight is 217 g/mol. The summed E-state index contributed by atoms with van der Waals surface area (Å²) in [5.74, 6) is 1.95. The van der Waals surface area contributed by atoms with E-state index in [2.05, 4.69) is 23.0 Å². The van der Waals surface area contributed by atoms with Crippen LogP contribution in [0.5, 0.6) is 0 Å². The lowest BCUT2D eigenvalue weighted by Gasteiger charge is -2.26. The van der Waals surface area contributed by atoms with Gasteiger partial charge in [-0.2, -0.15) is 0 Å². The Morgan fingerprint density at radius 3 is 3.06 bits per heavy atom. The van der Waals surface area contributed by atoms with Gasteiger partial charge in [-0.05, 0) is 37.3 Å². The van der Waals surface area contributed by atoms with E-state index in [0.29, 0.717) is 0 Å². The first-order valence-electron chi connectivity index (χ1n) is 6.41. The number of nitrogens with zero attached hydrogens (tertiary/aromatic N) is 3. The van der Waals surface area contributed by atoms with Crippen molar-refractivity contribution in [3.05, 3.63) is 23.3 Å². The highest BCUT2D eigenvalue weighted by Crippen LogP contribution is 2.31. The quantitative estimate of drug-likeness (QED) is 0.773. The fourth-order valence-electron chi connectivity index (χ4n) is 2.35. The van der Waals surface area contributed by atoms with Crippen molar-refractivity contribution in [3.8, 4) is 0 Å². The van der Waals surface area contributed by atoms with Crippen molar-refractivity contribution in [1.82, 2.24) is 14.9 Å². The van der Waals surface area contributed by atoms with Gasteiger partial charge in [-0.1, -0.05) is 6.92 Å². The van der Waals surface area contributed by atoms with E-state index in [1.54, 1.807) is 0 Å². The smallest absolute Gasteiger partial charge is 0.128 e. The molecular formula is C13H19N3. The molecule has 1 aliphatic carbocycles. The molecule has 16 heavy (non-hydrogen) atoms. The predicted molar refractivity (Wildman–Crippen MR) is 63.1 cm³/mol. The van der Waals surface area contributed by atoms with Gasteiger partial charge in [0.05, 0.1) is 5.69 Å². The van der Waals surface area contributed by atoms with Gasteiger partial charge in [0.25, 0.3) is 0 Å². The Morgan fingerprint density at radius 1 is 1.44 bits per heavy atom. The van der Waals surface area contributed by atoms with Crippen LogP contribution in [0.3, 0.4) is 0 Å². The van der Waals surface area contributed by atoms with Gasteiger partial charge in [0.2, 0.25) is 0 Å². The molecule has 0 unspecified atom stereocenters. The zero-order valence-corrected chi connectivity index (χ0v) is 9.95. The molecule has 3 nitrogen and oxygen atoms in total. The fourth-order valence-corrected chi connectivity index (χ4v) is 2.35. The van der Waals surface area contributed by atoms with E-state index in [1.165, 1.54) is 24.1 Å². The van der Waals surface area contributed by atoms with Crippen molar-refractivity contribution in [2.45, 2.75) is 39.2 Å². The Morgan fingerprint density at radius 2 is 2.31 bits per heavy atom. The van der Waals surface area contributed by atoms with Gasteiger partial charge in [-0.15, -0.1) is 0 Å². The van der Waals surface area contributed by atoms with Crippen molar-refractivity contribution in [3.63, 3.8) is 0 Å². The molecule has 3 rings (SSSR count). The summed E-state index contributed by atoms with van der Waals surface area (Å²) in [6.45, 7) is 5.53. The van der Waals surface area contributed by atoms with E-state index in [0.717, 1.165) is 44.2 Å². The van der Waals surface area contributed by atoms with Crippen LogP contribution >= 0.6 is 0 Å². The molecule has 2 aliphatic rings. The largest absolute Gasteiger partial charge is 0.297 e. The Labute approximate surface area is 96.9 Å². The molecule has 1 aliphatic heterocycles. The van der Waals surface area contributed by atoms with E-state index in [-0.39, 0.29) is 0 Å². The summed E-state index contributed by atoms with van der Waals surface area (Å²) >= 11 is 0. The van der Waals surface area contributed by atoms with Gasteiger partial charge < -0.3 is 0 Å². The van der Waals surface area contributed by atoms with Gasteiger partial charge in [0.15, 0.2) is 0 Å². The number of rotatable bonds is 3. The number of likely N-dealkylation sites (N-methyl/N-ethyl adjacent to an activating group) is 1. The Hall–Kier alpha value is -0.960. The Balaban J connectivity index is 1.79. The number of hydrogen-bond acceptors (Lipinski definition) is 3. The molecule has 0 N–H and O–H groups in total. The molecule has 0 aromatic carbocycles. The van der Waals surface area contributed by atoms with Crippen LogP contribution in [0.15, 0.2) is 6.20 Å². The summed E-state index contributed by atoms with van der Waals surface area (Å²) < 4.78 is 0. The maximum absolute atomic E-state index is 4.74. The second-order valence-corrected chi connectivity index (χ2v) is 5.02. The highest BCUT2D eigenvalue weighted by atomic mass is 15.1. The summed E-state index contributed by atoms with van der Waals surface area (Å²) in [6, 6.07) is 0. The lowest BCUT2D eigenvalue weighted by atomic mass is 10.1. The Kier molecular flexibility index (Phi) is 2.64. The molecule has 0 spiro atoms. The third kappa shape index (κ3) is 2.09. The third-order valence-electron chi connectivity index (χ3n) is 3.69. The summed E-state index contributed by atoms with van der Waals surface area (Å²) in [5.41, 5.74) is 2.64. The van der Waals surface area contributed by atoms with Crippen LogP contribution in [0.25, 0.3) is 0 Å². The lowest BCUT2D eigenvalue weighted by molar-refractivity contribution is 0.262. The molecule has 1 saturated carbocycles. The van der Waals surface area contributed by atoms with Gasteiger partial charge >= 0.3 is 0 Å². The molecule has 86 valence electrons. The van der Waals surface area contributed by atoms with Crippen LogP contribution in [0, 0.1) is 5.92 Å². The highest BCUT2D eigenvalue weighted by molar-refractivity contribution is 5.20. The Bertz CT molecular complexity index is 385. The van der Waals surface area contributed by atoms with E-state index in [4.69, 9.17) is 4.98 Å². The molecule has 2 heterocycles. The first kappa shape index (κ1) is 10.2. The van der Waals surface area contributed by atoms with Crippen molar-refractivity contribution in [2.24, 2.45) is 5.92 Å².